The van der Waals surface area contributed by atoms with Crippen molar-refractivity contribution in [3.05, 3.63) is 51.1 Å². The second-order valence-corrected chi connectivity index (χ2v) is 5.49. The molecular weight excluding hydrogens is 321 g/mol. The highest BCUT2D eigenvalue weighted by Gasteiger charge is 2.29. The fraction of sp³-hybridized carbons (Fsp3) is 0. The van der Waals surface area contributed by atoms with Crippen molar-refractivity contribution in [1.82, 2.24) is 4.98 Å². The van der Waals surface area contributed by atoms with E-state index < -0.39 is 11.6 Å². The molecule has 3 nitrogen and oxygen atoms in total. The van der Waals surface area contributed by atoms with Gasteiger partial charge in [0.05, 0.1) is 15.6 Å². The Hall–Kier alpha value is -1.55. The summed E-state index contributed by atoms with van der Waals surface area (Å²) in [4.78, 5) is 26.9. The van der Waals surface area contributed by atoms with Crippen molar-refractivity contribution in [2.24, 2.45) is 0 Å². The largest absolute Gasteiger partial charge is 0.361 e. The van der Waals surface area contributed by atoms with E-state index in [2.05, 4.69) is 4.98 Å². The molecule has 0 aliphatic heterocycles. The van der Waals surface area contributed by atoms with Crippen LogP contribution in [0.1, 0.15) is 5.56 Å². The molecule has 1 aromatic heterocycles. The van der Waals surface area contributed by atoms with Crippen molar-refractivity contribution in [1.29, 1.82) is 0 Å². The van der Waals surface area contributed by atoms with Gasteiger partial charge in [0.15, 0.2) is 5.78 Å². The van der Waals surface area contributed by atoms with Gasteiger partial charge in [0.2, 0.25) is 5.78 Å². The summed E-state index contributed by atoms with van der Waals surface area (Å²) >= 11 is 17.7. The van der Waals surface area contributed by atoms with E-state index in [-0.39, 0.29) is 15.6 Å². The van der Waals surface area contributed by atoms with Crippen LogP contribution in [-0.2, 0) is 9.59 Å². The molecule has 0 radical (unpaired) electrons. The lowest BCUT2D eigenvalue weighted by Crippen LogP contribution is -2.13. The lowest BCUT2D eigenvalue weighted by molar-refractivity contribution is -0.113. The topological polar surface area (TPSA) is 49.9 Å². The zero-order valence-electron chi connectivity index (χ0n) is 9.84. The number of aromatic nitrogens is 1. The van der Waals surface area contributed by atoms with E-state index in [0.29, 0.717) is 16.0 Å². The molecule has 2 aromatic rings. The van der Waals surface area contributed by atoms with Crippen LogP contribution in [0.15, 0.2) is 40.5 Å². The normalized spacial score (nSPS) is 16.1. The van der Waals surface area contributed by atoms with Gasteiger partial charge in [0, 0.05) is 33.8 Å². The van der Waals surface area contributed by atoms with Gasteiger partial charge in [-0.1, -0.05) is 34.8 Å². The van der Waals surface area contributed by atoms with Gasteiger partial charge in [-0.3, -0.25) is 9.59 Å². The van der Waals surface area contributed by atoms with Crippen LogP contribution in [0, 0.1) is 0 Å². The van der Waals surface area contributed by atoms with Crippen molar-refractivity contribution >= 4 is 62.8 Å². The zero-order valence-corrected chi connectivity index (χ0v) is 12.1. The second kappa shape index (κ2) is 4.77. The number of carbonyl (C=O) groups is 2. The predicted molar refractivity (Wildman–Crippen MR) is 80.0 cm³/mol. The van der Waals surface area contributed by atoms with E-state index in [4.69, 9.17) is 34.8 Å². The van der Waals surface area contributed by atoms with Crippen molar-refractivity contribution in [3.63, 3.8) is 0 Å². The molecule has 0 saturated carbocycles. The highest BCUT2D eigenvalue weighted by atomic mass is 35.5. The fourth-order valence-electron chi connectivity index (χ4n) is 2.13. The molecule has 0 fully saturated rings. The number of rotatable bonds is 1. The van der Waals surface area contributed by atoms with Crippen LogP contribution in [0.4, 0.5) is 0 Å². The van der Waals surface area contributed by atoms with Gasteiger partial charge in [0.1, 0.15) is 0 Å². The average Bonchev–Trinajstić information content (AvgIpc) is 2.80. The van der Waals surface area contributed by atoms with E-state index >= 15 is 0 Å². The van der Waals surface area contributed by atoms with Gasteiger partial charge in [-0.25, -0.2) is 0 Å². The minimum absolute atomic E-state index is 0.0951. The number of H-pyrrole nitrogens is 1. The van der Waals surface area contributed by atoms with E-state index in [1.165, 1.54) is 0 Å². The van der Waals surface area contributed by atoms with Crippen molar-refractivity contribution < 1.29 is 9.59 Å². The van der Waals surface area contributed by atoms with Crippen molar-refractivity contribution in [2.45, 2.75) is 0 Å². The summed E-state index contributed by atoms with van der Waals surface area (Å²) in [7, 11) is 0. The highest BCUT2D eigenvalue weighted by Crippen LogP contribution is 2.35. The predicted octanol–water partition coefficient (Wildman–Crippen LogP) is 4.05. The molecule has 20 heavy (non-hydrogen) atoms. The maximum atomic E-state index is 12.2. The second-order valence-electron chi connectivity index (χ2n) is 4.27. The molecule has 1 heterocycles. The van der Waals surface area contributed by atoms with Gasteiger partial charge in [-0.05, 0) is 18.2 Å². The maximum absolute atomic E-state index is 12.2. The molecule has 6 heteroatoms. The third kappa shape index (κ3) is 1.99. The lowest BCUT2D eigenvalue weighted by Gasteiger charge is -2.11. The number of Topliss-reactive ketones (excluding diaryl/α,β-unsaturated/α-hetero) is 1. The van der Waals surface area contributed by atoms with E-state index in [0.717, 1.165) is 11.6 Å². The molecule has 3 rings (SSSR count). The standard InChI is InChI=1S/C14H6Cl3NO2/c15-6-1-2-10-7(3-6)8(5-18-10)12-13(17)11(19)4-9(16)14(12)20/h1-5,18H. The number of halogens is 3. The first-order valence-corrected chi connectivity index (χ1v) is 6.75. The van der Waals surface area contributed by atoms with Crippen LogP contribution in [0.25, 0.3) is 16.5 Å². The Kier molecular flexibility index (Phi) is 3.21. The number of hydrogen-bond donors (Lipinski definition) is 1. The lowest BCUT2D eigenvalue weighted by atomic mass is 9.95. The average molecular weight is 327 g/mol. The monoisotopic (exact) mass is 325 g/mol. The Balaban J connectivity index is 2.30. The quantitative estimate of drug-likeness (QED) is 0.804. The Morgan fingerprint density at radius 1 is 1.05 bits per heavy atom. The van der Waals surface area contributed by atoms with Gasteiger partial charge in [-0.2, -0.15) is 0 Å². The van der Waals surface area contributed by atoms with Gasteiger partial charge < -0.3 is 4.98 Å². The maximum Gasteiger partial charge on any atom is 0.206 e. The molecule has 1 aromatic carbocycles. The third-order valence-corrected chi connectivity index (χ3v) is 3.94. The Labute approximate surface area is 128 Å². The number of hydrogen-bond acceptors (Lipinski definition) is 2. The minimum Gasteiger partial charge on any atom is -0.361 e. The van der Waals surface area contributed by atoms with Crippen LogP contribution in [0.2, 0.25) is 5.02 Å². The van der Waals surface area contributed by atoms with E-state index in [1.807, 2.05) is 0 Å². The summed E-state index contributed by atoms with van der Waals surface area (Å²) in [6, 6.07) is 5.20. The molecule has 0 bridgehead atoms. The molecule has 1 N–H and O–H groups in total. The van der Waals surface area contributed by atoms with Crippen molar-refractivity contribution in [2.75, 3.05) is 0 Å². The highest BCUT2D eigenvalue weighted by molar-refractivity contribution is 6.62. The fourth-order valence-corrected chi connectivity index (χ4v) is 2.73. The van der Waals surface area contributed by atoms with Crippen LogP contribution in [-0.4, -0.2) is 16.6 Å². The van der Waals surface area contributed by atoms with Gasteiger partial charge in [-0.15, -0.1) is 0 Å². The van der Waals surface area contributed by atoms with E-state index in [1.54, 1.807) is 24.4 Å². The third-order valence-electron chi connectivity index (χ3n) is 3.05. The number of aromatic amines is 1. The van der Waals surface area contributed by atoms with Gasteiger partial charge >= 0.3 is 0 Å². The Bertz CT molecular complexity index is 830. The first kappa shape index (κ1) is 13.4. The summed E-state index contributed by atoms with van der Waals surface area (Å²) in [6.07, 6.45) is 2.64. The molecule has 0 unspecified atom stereocenters. The summed E-state index contributed by atoms with van der Waals surface area (Å²) in [5.74, 6) is -0.959. The summed E-state index contributed by atoms with van der Waals surface area (Å²) < 4.78 is 0. The molecule has 0 atom stereocenters. The molecule has 100 valence electrons. The van der Waals surface area contributed by atoms with E-state index in [9.17, 15) is 9.59 Å². The summed E-state index contributed by atoms with van der Waals surface area (Å²) in [5.41, 5.74) is 1.39. The number of ketones is 2. The summed E-state index contributed by atoms with van der Waals surface area (Å²) in [5, 5.41) is 0.940. The molecule has 1 aliphatic rings. The SMILES string of the molecule is O=C1C=C(Cl)C(=O)C(c2c[nH]c3ccc(Cl)cc23)=C1Cl. The zero-order chi connectivity index (χ0) is 14.4. The van der Waals surface area contributed by atoms with Crippen molar-refractivity contribution in [3.8, 4) is 0 Å². The number of allylic oxidation sites excluding steroid dienone is 4. The Morgan fingerprint density at radius 2 is 1.80 bits per heavy atom. The van der Waals surface area contributed by atoms with Crippen LogP contribution in [0.5, 0.6) is 0 Å². The summed E-state index contributed by atoms with van der Waals surface area (Å²) in [6.45, 7) is 0. The Morgan fingerprint density at radius 3 is 2.55 bits per heavy atom. The molecule has 1 aliphatic carbocycles. The first-order chi connectivity index (χ1) is 9.49. The number of benzene rings is 1. The number of fused-ring (bicyclic) bond motifs is 1. The van der Waals surface area contributed by atoms with Crippen LogP contribution < -0.4 is 0 Å². The number of nitrogens with one attached hydrogen (secondary N) is 1. The minimum atomic E-state index is -0.484. The molecule has 0 amide bonds. The smallest absolute Gasteiger partial charge is 0.206 e. The number of carbonyl (C=O) groups excluding carboxylic acids is 2. The molecule has 0 saturated heterocycles. The van der Waals surface area contributed by atoms with Gasteiger partial charge in [0.25, 0.3) is 0 Å². The molecular formula is C14H6Cl3NO2. The molecule has 0 spiro atoms. The van der Waals surface area contributed by atoms with Crippen LogP contribution >= 0.6 is 34.8 Å². The van der Waals surface area contributed by atoms with Crippen LogP contribution in [0.3, 0.4) is 0 Å². The first-order valence-electron chi connectivity index (χ1n) is 5.62.